The molecular formula is C19H23N3O5S. The van der Waals surface area contributed by atoms with Crippen LogP contribution in [0.4, 0.5) is 0 Å². The Morgan fingerprint density at radius 1 is 1.29 bits per heavy atom. The Hall–Kier alpha value is -2.07. The summed E-state index contributed by atoms with van der Waals surface area (Å²) in [7, 11) is -3.68. The highest BCUT2D eigenvalue weighted by atomic mass is 32.2. The van der Waals surface area contributed by atoms with E-state index in [1.807, 2.05) is 13.0 Å². The Morgan fingerprint density at radius 2 is 2.14 bits per heavy atom. The van der Waals surface area contributed by atoms with Crippen LogP contribution in [0, 0.1) is 6.92 Å². The summed E-state index contributed by atoms with van der Waals surface area (Å²) in [5, 5.41) is 4.37. The largest absolute Gasteiger partial charge is 0.376 e. The normalized spacial score (nSPS) is 23.8. The Balaban J connectivity index is 1.51. The third kappa shape index (κ3) is 3.62. The maximum absolute atomic E-state index is 13.3. The lowest BCUT2D eigenvalue weighted by Gasteiger charge is -2.24. The van der Waals surface area contributed by atoms with Gasteiger partial charge in [0, 0.05) is 42.3 Å². The number of hydrogen-bond donors (Lipinski definition) is 1. The van der Waals surface area contributed by atoms with Crippen molar-refractivity contribution in [1.82, 2.24) is 14.6 Å². The van der Waals surface area contributed by atoms with Crippen molar-refractivity contribution in [3.63, 3.8) is 0 Å². The lowest BCUT2D eigenvalue weighted by molar-refractivity contribution is -0.148. The average Bonchev–Trinajstić information content (AvgIpc) is 3.18. The maximum atomic E-state index is 13.3. The number of amides is 1. The number of sulfonamides is 1. The average molecular weight is 405 g/mol. The number of carbonyl (C=O) groups excluding carboxylic acids is 1. The van der Waals surface area contributed by atoms with Crippen LogP contribution in [-0.4, -0.2) is 68.7 Å². The fourth-order valence-corrected chi connectivity index (χ4v) is 5.51. The molecule has 2 saturated heterocycles. The molecule has 0 aliphatic carbocycles. The Labute approximate surface area is 163 Å². The van der Waals surface area contributed by atoms with E-state index in [1.54, 1.807) is 24.5 Å². The third-order valence-corrected chi connectivity index (χ3v) is 7.07. The van der Waals surface area contributed by atoms with Crippen LogP contribution in [0.25, 0.3) is 10.8 Å². The zero-order valence-electron chi connectivity index (χ0n) is 15.6. The van der Waals surface area contributed by atoms with Gasteiger partial charge in [-0.2, -0.15) is 4.31 Å². The molecule has 3 heterocycles. The van der Waals surface area contributed by atoms with Gasteiger partial charge in [0.15, 0.2) is 6.10 Å². The smallest absolute Gasteiger partial charge is 0.251 e. The minimum atomic E-state index is -3.68. The van der Waals surface area contributed by atoms with E-state index in [4.69, 9.17) is 9.47 Å². The number of rotatable bonds is 4. The highest BCUT2D eigenvalue weighted by Gasteiger charge is 2.35. The van der Waals surface area contributed by atoms with Crippen molar-refractivity contribution in [3.8, 4) is 0 Å². The highest BCUT2D eigenvalue weighted by Crippen LogP contribution is 2.29. The third-order valence-electron chi connectivity index (χ3n) is 5.16. The SMILES string of the molecule is Cc1cncc2cccc(S(=O)(=O)N3CC[C@H](NC(=O)C4COCCO4)C3)c12. The van der Waals surface area contributed by atoms with Crippen LogP contribution in [-0.2, 0) is 24.3 Å². The monoisotopic (exact) mass is 405 g/mol. The summed E-state index contributed by atoms with van der Waals surface area (Å²) in [6.45, 7) is 3.55. The number of benzene rings is 1. The minimum Gasteiger partial charge on any atom is -0.376 e. The van der Waals surface area contributed by atoms with Crippen LogP contribution in [0.15, 0.2) is 35.5 Å². The van der Waals surface area contributed by atoms with Crippen molar-refractivity contribution in [1.29, 1.82) is 0 Å². The molecule has 2 aromatic rings. The van der Waals surface area contributed by atoms with Crippen LogP contribution < -0.4 is 5.32 Å². The first-order chi connectivity index (χ1) is 13.5. The zero-order chi connectivity index (χ0) is 19.7. The topological polar surface area (TPSA) is 97.8 Å². The summed E-state index contributed by atoms with van der Waals surface area (Å²) in [4.78, 5) is 16.7. The van der Waals surface area contributed by atoms with Crippen molar-refractivity contribution in [2.24, 2.45) is 0 Å². The second kappa shape index (κ2) is 7.75. The van der Waals surface area contributed by atoms with Gasteiger partial charge in [-0.1, -0.05) is 12.1 Å². The number of aromatic nitrogens is 1. The van der Waals surface area contributed by atoms with Crippen molar-refractivity contribution < 1.29 is 22.7 Å². The number of aryl methyl sites for hydroxylation is 1. The van der Waals surface area contributed by atoms with E-state index in [1.165, 1.54) is 4.31 Å². The molecule has 2 aliphatic heterocycles. The number of pyridine rings is 1. The van der Waals surface area contributed by atoms with Crippen LogP contribution in [0.2, 0.25) is 0 Å². The molecule has 1 N–H and O–H groups in total. The Kier molecular flexibility index (Phi) is 5.33. The number of nitrogens with zero attached hydrogens (tertiary/aromatic N) is 2. The number of hydrogen-bond acceptors (Lipinski definition) is 6. The molecule has 0 saturated carbocycles. The first-order valence-electron chi connectivity index (χ1n) is 9.30. The molecule has 2 atom stereocenters. The summed E-state index contributed by atoms with van der Waals surface area (Å²) in [6.07, 6.45) is 3.26. The van der Waals surface area contributed by atoms with E-state index < -0.39 is 16.1 Å². The molecule has 8 nitrogen and oxygen atoms in total. The molecule has 2 aliphatic rings. The van der Waals surface area contributed by atoms with E-state index in [2.05, 4.69) is 10.3 Å². The Bertz CT molecular complexity index is 983. The predicted molar refractivity (Wildman–Crippen MR) is 102 cm³/mol. The fraction of sp³-hybridized carbons (Fsp3) is 0.474. The van der Waals surface area contributed by atoms with Gasteiger partial charge in [-0.25, -0.2) is 8.42 Å². The number of fused-ring (bicyclic) bond motifs is 1. The van der Waals surface area contributed by atoms with E-state index in [-0.39, 0.29) is 30.0 Å². The molecule has 9 heteroatoms. The van der Waals surface area contributed by atoms with Crippen molar-refractivity contribution in [2.75, 3.05) is 32.9 Å². The van der Waals surface area contributed by atoms with Crippen LogP contribution in [0.5, 0.6) is 0 Å². The van der Waals surface area contributed by atoms with Crippen LogP contribution in [0.1, 0.15) is 12.0 Å². The van der Waals surface area contributed by atoms with Gasteiger partial charge in [-0.05, 0) is 25.0 Å². The molecular weight excluding hydrogens is 382 g/mol. The molecule has 1 amide bonds. The van der Waals surface area contributed by atoms with Gasteiger partial charge in [0.05, 0.1) is 24.7 Å². The van der Waals surface area contributed by atoms with Crippen molar-refractivity contribution in [2.45, 2.75) is 30.4 Å². The summed E-state index contributed by atoms with van der Waals surface area (Å²) in [6, 6.07) is 4.97. The fourth-order valence-electron chi connectivity index (χ4n) is 3.72. The highest BCUT2D eigenvalue weighted by molar-refractivity contribution is 7.89. The van der Waals surface area contributed by atoms with Gasteiger partial charge in [-0.15, -0.1) is 0 Å². The maximum Gasteiger partial charge on any atom is 0.251 e. The van der Waals surface area contributed by atoms with Crippen LogP contribution >= 0.6 is 0 Å². The molecule has 1 aromatic carbocycles. The molecule has 0 spiro atoms. The molecule has 1 unspecified atom stereocenters. The standard InChI is InChI=1S/C19H23N3O5S/c1-13-9-20-10-14-3-2-4-17(18(13)14)28(24,25)22-6-5-15(11-22)21-19(23)16-12-26-7-8-27-16/h2-4,9-10,15-16H,5-8,11-12H2,1H3,(H,21,23)/t15-,16?/m0/s1. The molecule has 4 rings (SSSR count). The van der Waals surface area contributed by atoms with Gasteiger partial charge in [0.2, 0.25) is 10.0 Å². The summed E-state index contributed by atoms with van der Waals surface area (Å²) in [5.41, 5.74) is 0.815. The first-order valence-corrected chi connectivity index (χ1v) is 10.7. The molecule has 150 valence electrons. The van der Waals surface area contributed by atoms with E-state index in [9.17, 15) is 13.2 Å². The molecule has 28 heavy (non-hydrogen) atoms. The van der Waals surface area contributed by atoms with Gasteiger partial charge < -0.3 is 14.8 Å². The quantitative estimate of drug-likeness (QED) is 0.810. The van der Waals surface area contributed by atoms with E-state index in [0.717, 1.165) is 10.9 Å². The second-order valence-electron chi connectivity index (χ2n) is 7.10. The number of carbonyl (C=O) groups is 1. The lowest BCUT2D eigenvalue weighted by Crippen LogP contribution is -2.47. The minimum absolute atomic E-state index is 0.226. The summed E-state index contributed by atoms with van der Waals surface area (Å²) >= 11 is 0. The second-order valence-corrected chi connectivity index (χ2v) is 9.01. The van der Waals surface area contributed by atoms with Crippen molar-refractivity contribution in [3.05, 3.63) is 36.2 Å². The van der Waals surface area contributed by atoms with Gasteiger partial charge in [-0.3, -0.25) is 9.78 Å². The van der Waals surface area contributed by atoms with Gasteiger partial charge >= 0.3 is 0 Å². The van der Waals surface area contributed by atoms with E-state index in [0.29, 0.717) is 31.6 Å². The number of nitrogens with one attached hydrogen (secondary N) is 1. The first kappa shape index (κ1) is 19.3. The molecule has 2 fully saturated rings. The molecule has 0 bridgehead atoms. The van der Waals surface area contributed by atoms with E-state index >= 15 is 0 Å². The van der Waals surface area contributed by atoms with Crippen LogP contribution in [0.3, 0.4) is 0 Å². The lowest BCUT2D eigenvalue weighted by atomic mass is 10.1. The summed E-state index contributed by atoms with van der Waals surface area (Å²) < 4.78 is 38.7. The Morgan fingerprint density at radius 3 is 2.93 bits per heavy atom. The molecule has 0 radical (unpaired) electrons. The summed E-state index contributed by atoms with van der Waals surface area (Å²) in [5.74, 6) is -0.254. The predicted octanol–water partition coefficient (Wildman–Crippen LogP) is 0.838. The zero-order valence-corrected chi connectivity index (χ0v) is 16.4. The molecule has 1 aromatic heterocycles. The van der Waals surface area contributed by atoms with Gasteiger partial charge in [0.1, 0.15) is 0 Å². The van der Waals surface area contributed by atoms with Gasteiger partial charge in [0.25, 0.3) is 5.91 Å². The van der Waals surface area contributed by atoms with Crippen molar-refractivity contribution >= 4 is 26.7 Å². The number of ether oxygens (including phenoxy) is 2.